The highest BCUT2D eigenvalue weighted by Crippen LogP contribution is 2.30. The molecule has 0 aromatic heterocycles. The number of fused-ring (bicyclic) bond motifs is 2. The van der Waals surface area contributed by atoms with E-state index in [9.17, 15) is 0 Å². The van der Waals surface area contributed by atoms with E-state index in [2.05, 4.69) is 47.9 Å². The van der Waals surface area contributed by atoms with Crippen LogP contribution in [0.5, 0.6) is 0 Å². The lowest BCUT2D eigenvalue weighted by Crippen LogP contribution is -2.53. The van der Waals surface area contributed by atoms with Crippen molar-refractivity contribution in [2.45, 2.75) is 37.9 Å². The highest BCUT2D eigenvalue weighted by atomic mass is 16.5. The van der Waals surface area contributed by atoms with Crippen LogP contribution in [0.2, 0.25) is 0 Å². The quantitative estimate of drug-likeness (QED) is 0.758. The molecule has 0 saturated carbocycles. The van der Waals surface area contributed by atoms with Gasteiger partial charge in [-0.3, -0.25) is 4.90 Å². The first-order chi connectivity index (χ1) is 9.86. The summed E-state index contributed by atoms with van der Waals surface area (Å²) < 4.78 is 5.75. The normalized spacial score (nSPS) is 26.1. The van der Waals surface area contributed by atoms with Gasteiger partial charge in [-0.1, -0.05) is 48.1 Å². The molecule has 2 bridgehead atoms. The second kappa shape index (κ2) is 6.38. The average molecular weight is 269 g/mol. The molecule has 1 aromatic carbocycles. The first kappa shape index (κ1) is 13.6. The van der Waals surface area contributed by atoms with Crippen molar-refractivity contribution in [2.24, 2.45) is 0 Å². The molecule has 106 valence electrons. The van der Waals surface area contributed by atoms with Crippen LogP contribution in [0.4, 0.5) is 0 Å². The Hall–Kier alpha value is -1.38. The molecule has 0 aliphatic carbocycles. The maximum atomic E-state index is 5.75. The largest absolute Gasteiger partial charge is 0.378 e. The van der Waals surface area contributed by atoms with Crippen molar-refractivity contribution in [3.05, 3.63) is 60.2 Å². The molecule has 2 heterocycles. The zero-order valence-corrected chi connectivity index (χ0v) is 12.0. The smallest absolute Gasteiger partial charge is 0.0658 e. The number of ether oxygens (including phenoxy) is 1. The van der Waals surface area contributed by atoms with Gasteiger partial charge in [0.25, 0.3) is 0 Å². The van der Waals surface area contributed by atoms with Gasteiger partial charge in [-0.25, -0.2) is 0 Å². The summed E-state index contributed by atoms with van der Waals surface area (Å²) in [5, 5.41) is 0. The van der Waals surface area contributed by atoms with Gasteiger partial charge in [0.15, 0.2) is 0 Å². The van der Waals surface area contributed by atoms with Gasteiger partial charge in [0.1, 0.15) is 0 Å². The van der Waals surface area contributed by atoms with Crippen molar-refractivity contribution < 1.29 is 4.74 Å². The summed E-state index contributed by atoms with van der Waals surface area (Å²) in [6.45, 7) is 6.56. The Kier molecular flexibility index (Phi) is 4.34. The maximum Gasteiger partial charge on any atom is 0.0658 e. The van der Waals surface area contributed by atoms with Crippen LogP contribution in [0.3, 0.4) is 0 Å². The summed E-state index contributed by atoms with van der Waals surface area (Å²) in [5.74, 6) is 0. The zero-order chi connectivity index (χ0) is 13.8. The molecule has 2 aliphatic rings. The Morgan fingerprint density at radius 3 is 2.85 bits per heavy atom. The van der Waals surface area contributed by atoms with E-state index in [1.165, 1.54) is 5.56 Å². The molecule has 1 fully saturated rings. The van der Waals surface area contributed by atoms with Crippen LogP contribution in [0, 0.1) is 0 Å². The van der Waals surface area contributed by atoms with Crippen molar-refractivity contribution >= 4 is 0 Å². The standard InChI is InChI=1S/C18H23NO/c1-2-3-7-16-10-17-13-20-14-18(11-16)19(17)12-15-8-5-4-6-9-15/h2,4-6,8-10,17-18H,1,3,7,11-14H2. The van der Waals surface area contributed by atoms with Gasteiger partial charge >= 0.3 is 0 Å². The van der Waals surface area contributed by atoms with Gasteiger partial charge in [-0.15, -0.1) is 6.58 Å². The summed E-state index contributed by atoms with van der Waals surface area (Å²) in [7, 11) is 0. The Labute approximate surface area is 121 Å². The minimum atomic E-state index is 0.447. The van der Waals surface area contributed by atoms with E-state index >= 15 is 0 Å². The fourth-order valence-electron chi connectivity index (χ4n) is 3.26. The molecular weight excluding hydrogens is 246 g/mol. The second-order valence-corrected chi connectivity index (χ2v) is 5.77. The molecule has 0 radical (unpaired) electrons. The zero-order valence-electron chi connectivity index (χ0n) is 12.0. The SMILES string of the molecule is C=CCCC1=CC2COCC(C1)N2Cc1ccccc1. The number of allylic oxidation sites excluding steroid dienone is 1. The highest BCUT2D eigenvalue weighted by molar-refractivity contribution is 5.20. The van der Waals surface area contributed by atoms with Crippen molar-refractivity contribution in [1.29, 1.82) is 0 Å². The summed E-state index contributed by atoms with van der Waals surface area (Å²) in [4.78, 5) is 2.61. The summed E-state index contributed by atoms with van der Waals surface area (Å²) in [6.07, 6.45) is 7.85. The number of hydrogen-bond acceptors (Lipinski definition) is 2. The monoisotopic (exact) mass is 269 g/mol. The van der Waals surface area contributed by atoms with Crippen molar-refractivity contribution in [3.63, 3.8) is 0 Å². The van der Waals surface area contributed by atoms with E-state index in [-0.39, 0.29) is 0 Å². The van der Waals surface area contributed by atoms with E-state index in [0.717, 1.165) is 39.0 Å². The van der Waals surface area contributed by atoms with Gasteiger partial charge < -0.3 is 4.74 Å². The molecule has 2 unspecified atom stereocenters. The van der Waals surface area contributed by atoms with Gasteiger partial charge in [0, 0.05) is 12.6 Å². The Morgan fingerprint density at radius 1 is 1.25 bits per heavy atom. The topological polar surface area (TPSA) is 12.5 Å². The predicted molar refractivity (Wildman–Crippen MR) is 82.5 cm³/mol. The summed E-state index contributed by atoms with van der Waals surface area (Å²) in [6, 6.07) is 11.7. The van der Waals surface area contributed by atoms with E-state index in [0.29, 0.717) is 12.1 Å². The molecule has 0 amide bonds. The molecule has 3 rings (SSSR count). The van der Waals surface area contributed by atoms with Crippen LogP contribution >= 0.6 is 0 Å². The Balaban J connectivity index is 1.73. The predicted octanol–water partition coefficient (Wildman–Crippen LogP) is 3.55. The molecule has 2 aliphatic heterocycles. The lowest BCUT2D eigenvalue weighted by Gasteiger charge is -2.44. The van der Waals surface area contributed by atoms with Crippen molar-refractivity contribution in [3.8, 4) is 0 Å². The van der Waals surface area contributed by atoms with Crippen molar-refractivity contribution in [1.82, 2.24) is 4.90 Å². The first-order valence-corrected chi connectivity index (χ1v) is 7.54. The van der Waals surface area contributed by atoms with E-state index in [1.807, 2.05) is 6.08 Å². The number of nitrogens with zero attached hydrogens (tertiary/aromatic N) is 1. The third-order valence-electron chi connectivity index (χ3n) is 4.30. The molecular formula is C18H23NO. The van der Waals surface area contributed by atoms with E-state index < -0.39 is 0 Å². The molecule has 20 heavy (non-hydrogen) atoms. The molecule has 0 spiro atoms. The van der Waals surface area contributed by atoms with Crippen molar-refractivity contribution in [2.75, 3.05) is 13.2 Å². The molecule has 2 atom stereocenters. The first-order valence-electron chi connectivity index (χ1n) is 7.54. The van der Waals surface area contributed by atoms with Crippen LogP contribution in [-0.2, 0) is 11.3 Å². The lowest BCUT2D eigenvalue weighted by molar-refractivity contribution is -0.0442. The minimum absolute atomic E-state index is 0.447. The van der Waals surface area contributed by atoms with E-state index in [4.69, 9.17) is 4.74 Å². The third kappa shape index (κ3) is 3.02. The molecule has 2 heteroatoms. The van der Waals surface area contributed by atoms with Gasteiger partial charge in [-0.2, -0.15) is 0 Å². The van der Waals surface area contributed by atoms with Crippen LogP contribution < -0.4 is 0 Å². The second-order valence-electron chi connectivity index (χ2n) is 5.77. The van der Waals surface area contributed by atoms with Crippen LogP contribution in [-0.4, -0.2) is 30.2 Å². The third-order valence-corrected chi connectivity index (χ3v) is 4.30. The van der Waals surface area contributed by atoms with Gasteiger partial charge in [0.2, 0.25) is 0 Å². The Bertz CT molecular complexity index is 479. The van der Waals surface area contributed by atoms with Crippen LogP contribution in [0.15, 0.2) is 54.6 Å². The fraction of sp³-hybridized carbons (Fsp3) is 0.444. The maximum absolute atomic E-state index is 5.75. The average Bonchev–Trinajstić information content (AvgIpc) is 2.46. The highest BCUT2D eigenvalue weighted by Gasteiger charge is 2.34. The summed E-state index contributed by atoms with van der Waals surface area (Å²) >= 11 is 0. The molecule has 2 nitrogen and oxygen atoms in total. The van der Waals surface area contributed by atoms with E-state index in [1.54, 1.807) is 5.57 Å². The van der Waals surface area contributed by atoms with Gasteiger partial charge in [0.05, 0.1) is 19.3 Å². The minimum Gasteiger partial charge on any atom is -0.378 e. The Morgan fingerprint density at radius 2 is 2.10 bits per heavy atom. The van der Waals surface area contributed by atoms with Crippen LogP contribution in [0.1, 0.15) is 24.8 Å². The molecule has 1 saturated heterocycles. The number of rotatable bonds is 5. The molecule has 0 N–H and O–H groups in total. The lowest BCUT2D eigenvalue weighted by atomic mass is 9.91. The van der Waals surface area contributed by atoms with Crippen LogP contribution in [0.25, 0.3) is 0 Å². The fourth-order valence-corrected chi connectivity index (χ4v) is 3.26. The molecule has 1 aromatic rings. The number of morpholine rings is 1. The number of hydrogen-bond donors (Lipinski definition) is 0. The summed E-state index contributed by atoms with van der Waals surface area (Å²) in [5.41, 5.74) is 2.99. The van der Waals surface area contributed by atoms with Gasteiger partial charge in [-0.05, 0) is 24.8 Å². The number of benzene rings is 1.